The van der Waals surface area contributed by atoms with Crippen molar-refractivity contribution in [3.8, 4) is 5.75 Å². The third-order valence-electron chi connectivity index (χ3n) is 3.73. The highest BCUT2D eigenvalue weighted by Gasteiger charge is 2.19. The molecule has 3 aromatic rings. The second-order valence-electron chi connectivity index (χ2n) is 5.05. The summed E-state index contributed by atoms with van der Waals surface area (Å²) >= 11 is 5.87. The average Bonchev–Trinajstić information content (AvgIpc) is 2.81. The van der Waals surface area contributed by atoms with Crippen molar-refractivity contribution >= 4 is 28.6 Å². The Morgan fingerprint density at radius 2 is 1.86 bits per heavy atom. The van der Waals surface area contributed by atoms with E-state index in [1.165, 1.54) is 0 Å². The summed E-state index contributed by atoms with van der Waals surface area (Å²) in [4.78, 5) is 0. The summed E-state index contributed by atoms with van der Waals surface area (Å²) in [5, 5.41) is 0.706. The number of aromatic nitrogens is 2. The molecule has 0 atom stereocenters. The van der Waals surface area contributed by atoms with Crippen LogP contribution in [0.5, 0.6) is 5.75 Å². The monoisotopic (exact) mass is 316 g/mol. The predicted octanol–water partition coefficient (Wildman–Crippen LogP) is 3.26. The van der Waals surface area contributed by atoms with Gasteiger partial charge in [0.2, 0.25) is 0 Å². The second-order valence-corrected chi connectivity index (χ2v) is 5.48. The van der Waals surface area contributed by atoms with E-state index in [0.717, 1.165) is 29.3 Å². The van der Waals surface area contributed by atoms with E-state index in [0.29, 0.717) is 18.2 Å². The maximum atomic E-state index is 6.28. The van der Waals surface area contributed by atoms with Crippen molar-refractivity contribution in [3.05, 3.63) is 53.6 Å². The summed E-state index contributed by atoms with van der Waals surface area (Å²) in [7, 11) is 0. The number of para-hydroxylation sites is 2. The number of imidazole rings is 1. The van der Waals surface area contributed by atoms with Crippen LogP contribution in [0.4, 0.5) is 5.95 Å². The van der Waals surface area contributed by atoms with E-state index in [1.807, 2.05) is 36.4 Å². The standard InChI is InChI=1S/C17H18ClN3O/c1-2-20-15-5-3-4-6-16(15)21(17(20)19)11-12-22-14-9-7-13(18)8-10-14/h3-10,19H,2,11-12H2,1H3/p+1. The van der Waals surface area contributed by atoms with E-state index in [1.54, 1.807) is 0 Å². The number of nitrogens with two attached hydrogens (primary N) is 1. The van der Waals surface area contributed by atoms with Crippen molar-refractivity contribution in [1.82, 2.24) is 4.57 Å². The van der Waals surface area contributed by atoms with Crippen LogP contribution in [0.3, 0.4) is 0 Å². The molecule has 0 fully saturated rings. The molecule has 0 unspecified atom stereocenters. The summed E-state index contributed by atoms with van der Waals surface area (Å²) in [6.45, 7) is 4.19. The van der Waals surface area contributed by atoms with Gasteiger partial charge in [-0.25, -0.2) is 9.13 Å². The number of nitrogens with zero attached hydrogens (tertiary/aromatic N) is 2. The van der Waals surface area contributed by atoms with Crippen molar-refractivity contribution < 1.29 is 9.30 Å². The Balaban J connectivity index is 1.79. The maximum absolute atomic E-state index is 6.28. The summed E-state index contributed by atoms with van der Waals surface area (Å²) in [5.41, 5.74) is 8.55. The lowest BCUT2D eigenvalue weighted by molar-refractivity contribution is -0.658. The Labute approximate surface area is 134 Å². The first-order valence-electron chi connectivity index (χ1n) is 7.35. The number of halogens is 1. The molecule has 0 bridgehead atoms. The molecule has 2 N–H and O–H groups in total. The van der Waals surface area contributed by atoms with Crippen molar-refractivity contribution in [3.63, 3.8) is 0 Å². The number of rotatable bonds is 5. The van der Waals surface area contributed by atoms with Crippen LogP contribution >= 0.6 is 11.6 Å². The van der Waals surface area contributed by atoms with Gasteiger partial charge in [0.15, 0.2) is 0 Å². The Morgan fingerprint density at radius 3 is 2.59 bits per heavy atom. The number of hydrogen-bond acceptors (Lipinski definition) is 2. The molecule has 2 aromatic carbocycles. The maximum Gasteiger partial charge on any atom is 0.356 e. The molecule has 1 heterocycles. The van der Waals surface area contributed by atoms with E-state index >= 15 is 0 Å². The molecule has 0 aliphatic heterocycles. The fourth-order valence-electron chi connectivity index (χ4n) is 2.67. The van der Waals surface area contributed by atoms with Gasteiger partial charge >= 0.3 is 5.95 Å². The number of nitrogen functional groups attached to an aromatic ring is 1. The zero-order chi connectivity index (χ0) is 15.5. The van der Waals surface area contributed by atoms with Crippen molar-refractivity contribution in [2.45, 2.75) is 20.0 Å². The summed E-state index contributed by atoms with van der Waals surface area (Å²) in [5.74, 6) is 1.56. The van der Waals surface area contributed by atoms with Crippen molar-refractivity contribution in [2.24, 2.45) is 0 Å². The number of aryl methyl sites for hydroxylation is 1. The molecule has 0 saturated carbocycles. The molecule has 3 rings (SSSR count). The molecule has 0 aliphatic carbocycles. The van der Waals surface area contributed by atoms with Crippen LogP contribution in [0.2, 0.25) is 5.02 Å². The zero-order valence-corrected chi connectivity index (χ0v) is 13.3. The third kappa shape index (κ3) is 2.74. The molecule has 114 valence electrons. The van der Waals surface area contributed by atoms with Gasteiger partial charge in [-0.3, -0.25) is 5.73 Å². The van der Waals surface area contributed by atoms with Gasteiger partial charge in [-0.15, -0.1) is 0 Å². The number of anilines is 1. The third-order valence-corrected chi connectivity index (χ3v) is 3.98. The Kier molecular flexibility index (Phi) is 4.20. The normalized spacial score (nSPS) is 11.0. The van der Waals surface area contributed by atoms with Crippen molar-refractivity contribution in [2.75, 3.05) is 12.3 Å². The van der Waals surface area contributed by atoms with Gasteiger partial charge < -0.3 is 4.74 Å². The van der Waals surface area contributed by atoms with Crippen LogP contribution in [0, 0.1) is 0 Å². The van der Waals surface area contributed by atoms with Crippen LogP contribution in [-0.2, 0) is 13.1 Å². The SMILES string of the molecule is CCn1c(N)[n+](CCOc2ccc(Cl)cc2)c2ccccc21. The average molecular weight is 317 g/mol. The van der Waals surface area contributed by atoms with E-state index in [-0.39, 0.29) is 0 Å². The summed E-state index contributed by atoms with van der Waals surface area (Å²) < 4.78 is 9.97. The molecule has 4 nitrogen and oxygen atoms in total. The first kappa shape index (κ1) is 14.7. The fraction of sp³-hybridized carbons (Fsp3) is 0.235. The molecule has 22 heavy (non-hydrogen) atoms. The van der Waals surface area contributed by atoms with Gasteiger partial charge in [0.1, 0.15) is 29.9 Å². The number of benzene rings is 2. The molecule has 5 heteroatoms. The van der Waals surface area contributed by atoms with E-state index in [4.69, 9.17) is 22.1 Å². The number of hydrogen-bond donors (Lipinski definition) is 1. The highest BCUT2D eigenvalue weighted by molar-refractivity contribution is 6.30. The van der Waals surface area contributed by atoms with Gasteiger partial charge in [-0.05, 0) is 43.3 Å². The fourth-order valence-corrected chi connectivity index (χ4v) is 2.79. The minimum absolute atomic E-state index is 0.550. The Bertz CT molecular complexity index is 780. The number of fused-ring (bicyclic) bond motifs is 1. The van der Waals surface area contributed by atoms with Crippen LogP contribution in [0.15, 0.2) is 48.5 Å². The number of ether oxygens (including phenoxy) is 1. The van der Waals surface area contributed by atoms with Crippen molar-refractivity contribution in [1.29, 1.82) is 0 Å². The lowest BCUT2D eigenvalue weighted by atomic mass is 10.3. The summed E-state index contributed by atoms with van der Waals surface area (Å²) in [6.07, 6.45) is 0. The Hall–Kier alpha value is -2.20. The topological polar surface area (TPSA) is 44.1 Å². The molecular formula is C17H19ClN3O+. The van der Waals surface area contributed by atoms with Crippen LogP contribution in [0.1, 0.15) is 6.92 Å². The molecular weight excluding hydrogens is 298 g/mol. The molecule has 0 aliphatic rings. The second kappa shape index (κ2) is 6.28. The summed E-state index contributed by atoms with van der Waals surface area (Å²) in [6, 6.07) is 15.6. The molecule has 0 saturated heterocycles. The Morgan fingerprint density at radius 1 is 1.14 bits per heavy atom. The first-order valence-corrected chi connectivity index (χ1v) is 7.73. The van der Waals surface area contributed by atoms with E-state index < -0.39 is 0 Å². The van der Waals surface area contributed by atoms with E-state index in [9.17, 15) is 0 Å². The van der Waals surface area contributed by atoms with Gasteiger partial charge in [-0.2, -0.15) is 0 Å². The predicted molar refractivity (Wildman–Crippen MR) is 89.2 cm³/mol. The van der Waals surface area contributed by atoms with Gasteiger partial charge in [0, 0.05) is 5.02 Å². The molecule has 0 spiro atoms. The smallest absolute Gasteiger partial charge is 0.356 e. The van der Waals surface area contributed by atoms with Crippen LogP contribution in [-0.4, -0.2) is 11.2 Å². The van der Waals surface area contributed by atoms with E-state index in [2.05, 4.69) is 28.2 Å². The van der Waals surface area contributed by atoms with Crippen LogP contribution < -0.4 is 15.0 Å². The molecule has 0 amide bonds. The first-order chi connectivity index (χ1) is 10.7. The molecule has 1 aromatic heterocycles. The molecule has 0 radical (unpaired) electrons. The highest BCUT2D eigenvalue weighted by atomic mass is 35.5. The van der Waals surface area contributed by atoms with Gasteiger partial charge in [0.25, 0.3) is 0 Å². The lowest BCUT2D eigenvalue weighted by Gasteiger charge is -2.06. The quantitative estimate of drug-likeness (QED) is 0.734. The van der Waals surface area contributed by atoms with Crippen LogP contribution in [0.25, 0.3) is 11.0 Å². The largest absolute Gasteiger partial charge is 0.490 e. The lowest BCUT2D eigenvalue weighted by Crippen LogP contribution is -2.39. The minimum Gasteiger partial charge on any atom is -0.490 e. The zero-order valence-electron chi connectivity index (χ0n) is 12.5. The minimum atomic E-state index is 0.550. The van der Waals surface area contributed by atoms with Gasteiger partial charge in [0.05, 0.1) is 6.54 Å². The highest BCUT2D eigenvalue weighted by Crippen LogP contribution is 2.17. The van der Waals surface area contributed by atoms with Gasteiger partial charge in [-0.1, -0.05) is 23.7 Å².